The van der Waals surface area contributed by atoms with Gasteiger partial charge in [0, 0.05) is 12.6 Å². The fourth-order valence-electron chi connectivity index (χ4n) is 2.66. The zero-order chi connectivity index (χ0) is 12.8. The first-order valence-corrected chi connectivity index (χ1v) is 6.86. The third-order valence-corrected chi connectivity index (χ3v) is 3.65. The number of nitrogens with zero attached hydrogens (tertiary/aromatic N) is 1. The van der Waals surface area contributed by atoms with Crippen molar-refractivity contribution in [3.63, 3.8) is 0 Å². The van der Waals surface area contributed by atoms with E-state index in [0.717, 1.165) is 25.8 Å². The summed E-state index contributed by atoms with van der Waals surface area (Å²) in [6, 6.07) is 2.12. The molecule has 1 heterocycles. The van der Waals surface area contributed by atoms with E-state index >= 15 is 0 Å². The summed E-state index contributed by atoms with van der Waals surface area (Å²) in [5.41, 5.74) is 6.22. The van der Waals surface area contributed by atoms with Crippen molar-refractivity contribution >= 4 is 5.91 Å². The standard InChI is InChI=1S/C14H22N2O2/c15-8-4-9-16(13-5-2-1-3-6-13)14(17)12-7-10-18-11-12/h7,10-11,13H,1-6,8-9,15H2. The van der Waals surface area contributed by atoms with E-state index in [1.54, 1.807) is 12.3 Å². The minimum absolute atomic E-state index is 0.0871. The molecule has 0 atom stereocenters. The van der Waals surface area contributed by atoms with Crippen LogP contribution < -0.4 is 5.73 Å². The second-order valence-electron chi connectivity index (χ2n) is 4.94. The molecule has 2 N–H and O–H groups in total. The molecule has 4 heteroatoms. The highest BCUT2D eigenvalue weighted by Crippen LogP contribution is 2.24. The zero-order valence-corrected chi connectivity index (χ0v) is 10.8. The van der Waals surface area contributed by atoms with E-state index in [4.69, 9.17) is 10.2 Å². The van der Waals surface area contributed by atoms with Gasteiger partial charge in [0.05, 0.1) is 11.8 Å². The predicted octanol–water partition coefficient (Wildman–Crippen LogP) is 2.40. The molecule has 100 valence electrons. The van der Waals surface area contributed by atoms with Crippen molar-refractivity contribution in [2.45, 2.75) is 44.6 Å². The lowest BCUT2D eigenvalue weighted by Gasteiger charge is -2.34. The van der Waals surface area contributed by atoms with Gasteiger partial charge in [0.1, 0.15) is 6.26 Å². The molecule has 4 nitrogen and oxygen atoms in total. The van der Waals surface area contributed by atoms with Crippen LogP contribution in [0.3, 0.4) is 0 Å². The quantitative estimate of drug-likeness (QED) is 0.873. The van der Waals surface area contributed by atoms with Crippen LogP contribution in [0.15, 0.2) is 23.0 Å². The second kappa shape index (κ2) is 6.59. The second-order valence-corrected chi connectivity index (χ2v) is 4.94. The van der Waals surface area contributed by atoms with Gasteiger partial charge in [-0.2, -0.15) is 0 Å². The Labute approximate surface area is 108 Å². The maximum atomic E-state index is 12.4. The molecule has 0 aromatic carbocycles. The van der Waals surface area contributed by atoms with Crippen molar-refractivity contribution < 1.29 is 9.21 Å². The van der Waals surface area contributed by atoms with Gasteiger partial charge in [-0.3, -0.25) is 4.79 Å². The highest BCUT2D eigenvalue weighted by atomic mass is 16.3. The molecule has 1 amide bonds. The average Bonchev–Trinajstić information content (AvgIpc) is 2.94. The highest BCUT2D eigenvalue weighted by molar-refractivity contribution is 5.94. The van der Waals surface area contributed by atoms with Crippen LogP contribution in [0.4, 0.5) is 0 Å². The highest BCUT2D eigenvalue weighted by Gasteiger charge is 2.26. The van der Waals surface area contributed by atoms with Crippen molar-refractivity contribution in [2.75, 3.05) is 13.1 Å². The van der Waals surface area contributed by atoms with Gasteiger partial charge < -0.3 is 15.1 Å². The summed E-state index contributed by atoms with van der Waals surface area (Å²) in [6.07, 6.45) is 9.92. The maximum absolute atomic E-state index is 12.4. The molecule has 1 aromatic rings. The monoisotopic (exact) mass is 250 g/mol. The Morgan fingerprint density at radius 3 is 2.78 bits per heavy atom. The number of amides is 1. The molecule has 1 aromatic heterocycles. The summed E-state index contributed by atoms with van der Waals surface area (Å²) in [5, 5.41) is 0. The summed E-state index contributed by atoms with van der Waals surface area (Å²) >= 11 is 0. The van der Waals surface area contributed by atoms with Crippen LogP contribution in [-0.4, -0.2) is 29.9 Å². The van der Waals surface area contributed by atoms with Crippen LogP contribution in [0.1, 0.15) is 48.9 Å². The first kappa shape index (κ1) is 13.1. The molecule has 0 unspecified atom stereocenters. The lowest BCUT2D eigenvalue weighted by molar-refractivity contribution is 0.0632. The minimum Gasteiger partial charge on any atom is -0.472 e. The third-order valence-electron chi connectivity index (χ3n) is 3.65. The normalized spacial score (nSPS) is 16.7. The van der Waals surface area contributed by atoms with Crippen molar-refractivity contribution in [3.05, 3.63) is 24.2 Å². The van der Waals surface area contributed by atoms with Crippen LogP contribution in [0, 0.1) is 0 Å². The molecule has 18 heavy (non-hydrogen) atoms. The van der Waals surface area contributed by atoms with Gasteiger partial charge in [-0.15, -0.1) is 0 Å². The molecular formula is C14H22N2O2. The van der Waals surface area contributed by atoms with Gasteiger partial charge in [-0.1, -0.05) is 19.3 Å². The third kappa shape index (κ3) is 3.13. The molecule has 0 saturated heterocycles. The van der Waals surface area contributed by atoms with Crippen LogP contribution in [0.5, 0.6) is 0 Å². The van der Waals surface area contributed by atoms with Gasteiger partial charge in [0.2, 0.25) is 0 Å². The van der Waals surface area contributed by atoms with Crippen LogP contribution >= 0.6 is 0 Å². The number of rotatable bonds is 5. The summed E-state index contributed by atoms with van der Waals surface area (Å²) in [6.45, 7) is 1.38. The van der Waals surface area contributed by atoms with Gasteiger partial charge in [0.15, 0.2) is 0 Å². The molecular weight excluding hydrogens is 228 g/mol. The van der Waals surface area contributed by atoms with Crippen molar-refractivity contribution in [2.24, 2.45) is 5.73 Å². The molecule has 0 aliphatic heterocycles. The largest absolute Gasteiger partial charge is 0.472 e. The van der Waals surface area contributed by atoms with Gasteiger partial charge in [-0.25, -0.2) is 0 Å². The number of carbonyl (C=O) groups excluding carboxylic acids is 1. The Balaban J connectivity index is 2.05. The van der Waals surface area contributed by atoms with E-state index in [-0.39, 0.29) is 5.91 Å². The zero-order valence-electron chi connectivity index (χ0n) is 10.8. The van der Waals surface area contributed by atoms with E-state index in [2.05, 4.69) is 0 Å². The first-order chi connectivity index (χ1) is 8.83. The number of hydrogen-bond acceptors (Lipinski definition) is 3. The molecule has 1 fully saturated rings. The fraction of sp³-hybridized carbons (Fsp3) is 0.643. The molecule has 0 radical (unpaired) electrons. The first-order valence-electron chi connectivity index (χ1n) is 6.86. The Bertz CT molecular complexity index is 356. The van der Waals surface area contributed by atoms with Crippen LogP contribution in [0.2, 0.25) is 0 Å². The molecule has 2 rings (SSSR count). The molecule has 1 aliphatic carbocycles. The van der Waals surface area contributed by atoms with Crippen molar-refractivity contribution in [3.8, 4) is 0 Å². The van der Waals surface area contributed by atoms with Gasteiger partial charge in [-0.05, 0) is 31.9 Å². The molecule has 1 aliphatic rings. The Kier molecular flexibility index (Phi) is 4.81. The van der Waals surface area contributed by atoms with Gasteiger partial charge >= 0.3 is 0 Å². The summed E-state index contributed by atoms with van der Waals surface area (Å²) < 4.78 is 5.01. The van der Waals surface area contributed by atoms with Gasteiger partial charge in [0.25, 0.3) is 5.91 Å². The lowest BCUT2D eigenvalue weighted by Crippen LogP contribution is -2.42. The van der Waals surface area contributed by atoms with E-state index in [1.807, 2.05) is 4.90 Å². The van der Waals surface area contributed by atoms with Crippen LogP contribution in [-0.2, 0) is 0 Å². The fourth-order valence-corrected chi connectivity index (χ4v) is 2.66. The van der Waals surface area contributed by atoms with Crippen molar-refractivity contribution in [1.82, 2.24) is 4.90 Å². The summed E-state index contributed by atoms with van der Waals surface area (Å²) in [7, 11) is 0. The van der Waals surface area contributed by atoms with E-state index in [1.165, 1.54) is 25.5 Å². The van der Waals surface area contributed by atoms with E-state index < -0.39 is 0 Å². The summed E-state index contributed by atoms with van der Waals surface area (Å²) in [5.74, 6) is 0.0871. The predicted molar refractivity (Wildman–Crippen MR) is 70.3 cm³/mol. The van der Waals surface area contributed by atoms with E-state index in [0.29, 0.717) is 18.2 Å². The Morgan fingerprint density at radius 1 is 1.39 bits per heavy atom. The van der Waals surface area contributed by atoms with E-state index in [9.17, 15) is 4.79 Å². The number of hydrogen-bond donors (Lipinski definition) is 1. The van der Waals surface area contributed by atoms with Crippen LogP contribution in [0.25, 0.3) is 0 Å². The van der Waals surface area contributed by atoms with Crippen molar-refractivity contribution in [1.29, 1.82) is 0 Å². The maximum Gasteiger partial charge on any atom is 0.257 e. The average molecular weight is 250 g/mol. The Morgan fingerprint density at radius 2 is 2.17 bits per heavy atom. The lowest BCUT2D eigenvalue weighted by atomic mass is 9.93. The smallest absolute Gasteiger partial charge is 0.257 e. The molecule has 0 bridgehead atoms. The number of furan rings is 1. The molecule has 1 saturated carbocycles. The number of carbonyl (C=O) groups is 1. The summed E-state index contributed by atoms with van der Waals surface area (Å²) in [4.78, 5) is 14.4. The molecule has 0 spiro atoms. The topological polar surface area (TPSA) is 59.5 Å². The number of nitrogens with two attached hydrogens (primary N) is 1. The Hall–Kier alpha value is -1.29. The SMILES string of the molecule is NCCCN(C(=O)c1ccoc1)C1CCCCC1. The minimum atomic E-state index is 0.0871.